The second-order valence-corrected chi connectivity index (χ2v) is 5.72. The first kappa shape index (κ1) is 16.4. The van der Waals surface area contributed by atoms with E-state index in [2.05, 4.69) is 5.32 Å². The minimum Gasteiger partial charge on any atom is -0.322 e. The largest absolute Gasteiger partial charge is 0.322 e. The Morgan fingerprint density at radius 3 is 2.40 bits per heavy atom. The van der Waals surface area contributed by atoms with Gasteiger partial charge in [0.1, 0.15) is 0 Å². The molecule has 1 aliphatic rings. The van der Waals surface area contributed by atoms with Gasteiger partial charge in [0, 0.05) is 24.1 Å². The van der Waals surface area contributed by atoms with Crippen molar-refractivity contribution < 1.29 is 14.4 Å². The number of anilines is 1. The molecule has 2 aromatic rings. The summed E-state index contributed by atoms with van der Waals surface area (Å²) in [5, 5.41) is 11.6. The maximum atomic E-state index is 12.3. The smallest absolute Gasteiger partial charge is 0.255 e. The molecule has 1 heterocycles. The van der Waals surface area contributed by atoms with Gasteiger partial charge in [0.05, 0.1) is 18.2 Å². The average Bonchev–Trinajstić information content (AvgIpc) is 2.94. The summed E-state index contributed by atoms with van der Waals surface area (Å²) in [5.74, 6) is -0.622. The number of hydrogen-bond acceptors (Lipinski definition) is 4. The molecule has 1 N–H and O–H groups in total. The summed E-state index contributed by atoms with van der Waals surface area (Å²) in [7, 11) is 0. The predicted octanol–water partition coefficient (Wildman–Crippen LogP) is 2.46. The van der Waals surface area contributed by atoms with Gasteiger partial charge in [-0.1, -0.05) is 18.2 Å². The number of rotatable bonds is 4. The zero-order valence-corrected chi connectivity index (χ0v) is 13.4. The molecule has 0 spiro atoms. The van der Waals surface area contributed by atoms with Crippen molar-refractivity contribution in [2.45, 2.75) is 19.4 Å². The number of imide groups is 1. The molecule has 0 unspecified atom stereocenters. The Morgan fingerprint density at radius 1 is 1.08 bits per heavy atom. The molecule has 3 amide bonds. The van der Waals surface area contributed by atoms with Crippen LogP contribution in [0.1, 0.15) is 34.3 Å². The van der Waals surface area contributed by atoms with E-state index in [1.54, 1.807) is 48.5 Å². The molecule has 25 heavy (non-hydrogen) atoms. The van der Waals surface area contributed by atoms with Gasteiger partial charge >= 0.3 is 0 Å². The molecule has 0 aromatic heterocycles. The second-order valence-electron chi connectivity index (χ2n) is 5.72. The highest BCUT2D eigenvalue weighted by atomic mass is 16.2. The maximum Gasteiger partial charge on any atom is 0.255 e. The van der Waals surface area contributed by atoms with E-state index in [0.29, 0.717) is 16.8 Å². The normalized spacial score (nSPS) is 13.6. The van der Waals surface area contributed by atoms with Crippen LogP contribution in [0.2, 0.25) is 0 Å². The van der Waals surface area contributed by atoms with E-state index in [4.69, 9.17) is 5.26 Å². The van der Waals surface area contributed by atoms with Gasteiger partial charge < -0.3 is 5.32 Å². The standard InChI is InChI=1S/C19H15N3O3/c20-11-14-2-1-3-16(10-14)21-19(25)15-6-4-13(5-7-15)12-22-17(23)8-9-18(22)24/h1-7,10H,8-9,12H2,(H,21,25). The molecule has 1 fully saturated rings. The number of nitriles is 1. The van der Waals surface area contributed by atoms with Crippen molar-refractivity contribution in [3.63, 3.8) is 0 Å². The summed E-state index contributed by atoms with van der Waals surface area (Å²) in [6.45, 7) is 0.226. The van der Waals surface area contributed by atoms with Gasteiger partial charge in [-0.05, 0) is 35.9 Å². The van der Waals surface area contributed by atoms with E-state index in [1.807, 2.05) is 6.07 Å². The van der Waals surface area contributed by atoms with Gasteiger partial charge in [-0.25, -0.2) is 0 Å². The average molecular weight is 333 g/mol. The molecule has 3 rings (SSSR count). The highest BCUT2D eigenvalue weighted by Crippen LogP contribution is 2.17. The first-order valence-electron chi connectivity index (χ1n) is 7.80. The zero-order valence-electron chi connectivity index (χ0n) is 13.4. The minimum atomic E-state index is -0.296. The van der Waals surface area contributed by atoms with E-state index >= 15 is 0 Å². The second kappa shape index (κ2) is 6.97. The van der Waals surface area contributed by atoms with Crippen LogP contribution in [0.5, 0.6) is 0 Å². The molecule has 0 saturated carbocycles. The van der Waals surface area contributed by atoms with Crippen molar-refractivity contribution in [1.29, 1.82) is 5.26 Å². The van der Waals surface area contributed by atoms with Gasteiger partial charge in [0.2, 0.25) is 11.8 Å². The fourth-order valence-electron chi connectivity index (χ4n) is 2.61. The number of amides is 3. The van der Waals surface area contributed by atoms with E-state index in [1.165, 1.54) is 4.90 Å². The van der Waals surface area contributed by atoms with Gasteiger partial charge in [0.15, 0.2) is 0 Å². The molecule has 0 aliphatic carbocycles. The van der Waals surface area contributed by atoms with E-state index in [0.717, 1.165) is 5.56 Å². The maximum absolute atomic E-state index is 12.3. The van der Waals surface area contributed by atoms with Gasteiger partial charge in [0.25, 0.3) is 5.91 Å². The lowest BCUT2D eigenvalue weighted by Crippen LogP contribution is -2.28. The van der Waals surface area contributed by atoms with Gasteiger partial charge in [-0.2, -0.15) is 5.26 Å². The first-order chi connectivity index (χ1) is 12.1. The molecule has 0 radical (unpaired) electrons. The molecule has 0 bridgehead atoms. The van der Waals surface area contributed by atoms with Crippen LogP contribution in [0.4, 0.5) is 5.69 Å². The third-order valence-electron chi connectivity index (χ3n) is 3.96. The molecule has 1 aliphatic heterocycles. The number of carbonyl (C=O) groups is 3. The summed E-state index contributed by atoms with van der Waals surface area (Å²) in [6.07, 6.45) is 0.530. The molecule has 124 valence electrons. The Bertz CT molecular complexity index is 866. The Labute approximate surface area is 144 Å². The fourth-order valence-corrected chi connectivity index (χ4v) is 2.61. The minimum absolute atomic E-state index is 0.163. The summed E-state index contributed by atoms with van der Waals surface area (Å²) in [4.78, 5) is 36.8. The number of benzene rings is 2. The quantitative estimate of drug-likeness (QED) is 0.870. The van der Waals surface area contributed by atoms with Crippen LogP contribution in [0.15, 0.2) is 48.5 Å². The SMILES string of the molecule is N#Cc1cccc(NC(=O)c2ccc(CN3C(=O)CCC3=O)cc2)c1. The summed E-state index contributed by atoms with van der Waals surface area (Å²) < 4.78 is 0. The number of hydrogen-bond donors (Lipinski definition) is 1. The summed E-state index contributed by atoms with van der Waals surface area (Å²) >= 11 is 0. The number of nitrogens with one attached hydrogen (secondary N) is 1. The Balaban J connectivity index is 1.67. The van der Waals surface area contributed by atoms with Crippen molar-refractivity contribution in [2.24, 2.45) is 0 Å². The predicted molar refractivity (Wildman–Crippen MR) is 90.3 cm³/mol. The highest BCUT2D eigenvalue weighted by Gasteiger charge is 2.28. The summed E-state index contributed by atoms with van der Waals surface area (Å²) in [5.41, 5.74) is 2.24. The lowest BCUT2D eigenvalue weighted by atomic mass is 10.1. The molecular weight excluding hydrogens is 318 g/mol. The van der Waals surface area contributed by atoms with Crippen molar-refractivity contribution >= 4 is 23.4 Å². The molecule has 6 nitrogen and oxygen atoms in total. The lowest BCUT2D eigenvalue weighted by molar-refractivity contribution is -0.139. The monoisotopic (exact) mass is 333 g/mol. The van der Waals surface area contributed by atoms with Crippen molar-refractivity contribution in [3.05, 3.63) is 65.2 Å². The summed E-state index contributed by atoms with van der Waals surface area (Å²) in [6, 6.07) is 15.4. The van der Waals surface area contributed by atoms with Crippen molar-refractivity contribution in [3.8, 4) is 6.07 Å². The van der Waals surface area contributed by atoms with E-state index in [9.17, 15) is 14.4 Å². The molecule has 6 heteroatoms. The molecular formula is C19H15N3O3. The Morgan fingerprint density at radius 2 is 1.76 bits per heavy atom. The number of nitrogens with zero attached hydrogens (tertiary/aromatic N) is 2. The van der Waals surface area contributed by atoms with Crippen LogP contribution >= 0.6 is 0 Å². The van der Waals surface area contributed by atoms with Crippen LogP contribution < -0.4 is 5.32 Å². The number of carbonyl (C=O) groups excluding carboxylic acids is 3. The van der Waals surface area contributed by atoms with Gasteiger partial charge in [-0.3, -0.25) is 19.3 Å². The first-order valence-corrected chi connectivity index (χ1v) is 7.80. The molecule has 0 atom stereocenters. The van der Waals surface area contributed by atoms with Crippen LogP contribution in [-0.4, -0.2) is 22.6 Å². The Hall–Kier alpha value is -3.46. The topological polar surface area (TPSA) is 90.3 Å². The molecule has 1 saturated heterocycles. The highest BCUT2D eigenvalue weighted by molar-refractivity contribution is 6.04. The third-order valence-corrected chi connectivity index (χ3v) is 3.96. The third kappa shape index (κ3) is 3.72. The van der Waals surface area contributed by atoms with Crippen LogP contribution in [0.3, 0.4) is 0 Å². The van der Waals surface area contributed by atoms with E-state index < -0.39 is 0 Å². The molecule has 2 aromatic carbocycles. The number of likely N-dealkylation sites (tertiary alicyclic amines) is 1. The van der Waals surface area contributed by atoms with Crippen molar-refractivity contribution in [2.75, 3.05) is 5.32 Å². The fraction of sp³-hybridized carbons (Fsp3) is 0.158. The van der Waals surface area contributed by atoms with E-state index in [-0.39, 0.29) is 37.1 Å². The van der Waals surface area contributed by atoms with Crippen molar-refractivity contribution in [1.82, 2.24) is 4.90 Å². The van der Waals surface area contributed by atoms with Crippen LogP contribution in [0, 0.1) is 11.3 Å². The van der Waals surface area contributed by atoms with Crippen LogP contribution in [0.25, 0.3) is 0 Å². The lowest BCUT2D eigenvalue weighted by Gasteiger charge is -2.14. The van der Waals surface area contributed by atoms with Crippen LogP contribution in [-0.2, 0) is 16.1 Å². The van der Waals surface area contributed by atoms with Gasteiger partial charge in [-0.15, -0.1) is 0 Å². The Kier molecular flexibility index (Phi) is 4.57. The zero-order chi connectivity index (χ0) is 17.8.